The van der Waals surface area contributed by atoms with E-state index in [1.807, 2.05) is 24.3 Å². The Morgan fingerprint density at radius 1 is 1.12 bits per heavy atom. The Kier molecular flexibility index (Phi) is 7.17. The lowest BCUT2D eigenvalue weighted by Crippen LogP contribution is -2.44. The number of carbonyl (C=O) groups is 3. The molecule has 3 unspecified atom stereocenters. The SMILES string of the molecule is CC(CN(C)C(=O)C1OCCC1CNC(=O)OCC1c2ccccc2-c2ccccc21)C(=O)O. The third-order valence-corrected chi connectivity index (χ3v) is 6.66. The normalized spacial score (nSPS) is 19.7. The minimum atomic E-state index is -0.958. The number of nitrogens with one attached hydrogen (secondary N) is 1. The first kappa shape index (κ1) is 23.8. The summed E-state index contributed by atoms with van der Waals surface area (Å²) in [5.74, 6) is -2.12. The lowest BCUT2D eigenvalue weighted by Gasteiger charge is -2.25. The quantitative estimate of drug-likeness (QED) is 0.619. The predicted molar refractivity (Wildman–Crippen MR) is 125 cm³/mol. The van der Waals surface area contributed by atoms with Crippen LogP contribution in [0.1, 0.15) is 30.4 Å². The van der Waals surface area contributed by atoms with E-state index in [1.54, 1.807) is 14.0 Å². The number of ether oxygens (including phenoxy) is 2. The molecule has 34 heavy (non-hydrogen) atoms. The van der Waals surface area contributed by atoms with Crippen LogP contribution in [0.3, 0.4) is 0 Å². The van der Waals surface area contributed by atoms with Crippen molar-refractivity contribution in [2.75, 3.05) is 33.4 Å². The molecular weight excluding hydrogens is 436 g/mol. The average Bonchev–Trinajstić information content (AvgIpc) is 3.43. The van der Waals surface area contributed by atoms with Gasteiger partial charge in [0.15, 0.2) is 0 Å². The second-order valence-corrected chi connectivity index (χ2v) is 9.00. The number of benzene rings is 2. The summed E-state index contributed by atoms with van der Waals surface area (Å²) in [7, 11) is 1.57. The summed E-state index contributed by atoms with van der Waals surface area (Å²) >= 11 is 0. The highest BCUT2D eigenvalue weighted by molar-refractivity contribution is 5.82. The Balaban J connectivity index is 1.30. The van der Waals surface area contributed by atoms with Crippen molar-refractivity contribution < 1.29 is 29.0 Å². The Morgan fingerprint density at radius 2 is 1.74 bits per heavy atom. The highest BCUT2D eigenvalue weighted by Gasteiger charge is 2.37. The smallest absolute Gasteiger partial charge is 0.407 e. The summed E-state index contributed by atoms with van der Waals surface area (Å²) in [4.78, 5) is 37.7. The Morgan fingerprint density at radius 3 is 2.35 bits per heavy atom. The van der Waals surface area contributed by atoms with Gasteiger partial charge in [0.05, 0.1) is 5.92 Å². The number of hydrogen-bond donors (Lipinski definition) is 2. The first-order valence-corrected chi connectivity index (χ1v) is 11.5. The van der Waals surface area contributed by atoms with Gasteiger partial charge in [-0.25, -0.2) is 4.79 Å². The molecule has 1 heterocycles. The van der Waals surface area contributed by atoms with E-state index in [4.69, 9.17) is 14.6 Å². The average molecular weight is 467 g/mol. The summed E-state index contributed by atoms with van der Waals surface area (Å²) in [6.45, 7) is 2.53. The van der Waals surface area contributed by atoms with Crippen LogP contribution in [0.15, 0.2) is 48.5 Å². The van der Waals surface area contributed by atoms with Gasteiger partial charge in [0.1, 0.15) is 12.7 Å². The van der Waals surface area contributed by atoms with Gasteiger partial charge in [0.2, 0.25) is 0 Å². The molecule has 4 rings (SSSR count). The number of rotatable bonds is 8. The van der Waals surface area contributed by atoms with Crippen LogP contribution in [0.2, 0.25) is 0 Å². The molecular formula is C26H30N2O6. The van der Waals surface area contributed by atoms with Gasteiger partial charge in [0.25, 0.3) is 5.91 Å². The molecule has 0 bridgehead atoms. The van der Waals surface area contributed by atoms with Crippen molar-refractivity contribution in [1.82, 2.24) is 10.2 Å². The summed E-state index contributed by atoms with van der Waals surface area (Å²) in [5, 5.41) is 11.9. The first-order chi connectivity index (χ1) is 16.4. The number of carboxylic acid groups (broad SMARTS) is 1. The fraction of sp³-hybridized carbons (Fsp3) is 0.423. The number of likely N-dealkylation sites (N-methyl/N-ethyl adjacent to an activating group) is 1. The van der Waals surface area contributed by atoms with E-state index in [0.717, 1.165) is 22.3 Å². The molecule has 1 aliphatic heterocycles. The number of hydrogen-bond acceptors (Lipinski definition) is 5. The van der Waals surface area contributed by atoms with E-state index in [0.29, 0.717) is 13.0 Å². The zero-order valence-electron chi connectivity index (χ0n) is 19.4. The van der Waals surface area contributed by atoms with Crippen LogP contribution >= 0.6 is 0 Å². The largest absolute Gasteiger partial charge is 0.481 e. The van der Waals surface area contributed by atoms with Crippen molar-refractivity contribution >= 4 is 18.0 Å². The second-order valence-electron chi connectivity index (χ2n) is 9.00. The van der Waals surface area contributed by atoms with E-state index >= 15 is 0 Å². The summed E-state index contributed by atoms with van der Waals surface area (Å²) in [6.07, 6.45) is -0.616. The van der Waals surface area contributed by atoms with E-state index in [1.165, 1.54) is 4.90 Å². The Bertz CT molecular complexity index is 1030. The first-order valence-electron chi connectivity index (χ1n) is 11.5. The lowest BCUT2D eigenvalue weighted by molar-refractivity contribution is -0.146. The highest BCUT2D eigenvalue weighted by Crippen LogP contribution is 2.44. The number of nitrogens with zero attached hydrogens (tertiary/aromatic N) is 1. The summed E-state index contributed by atoms with van der Waals surface area (Å²) in [6, 6.07) is 16.3. The molecule has 2 amide bonds. The minimum absolute atomic E-state index is 0.0211. The maximum atomic E-state index is 12.8. The zero-order chi connectivity index (χ0) is 24.2. The highest BCUT2D eigenvalue weighted by atomic mass is 16.5. The lowest BCUT2D eigenvalue weighted by atomic mass is 9.98. The van der Waals surface area contributed by atoms with Gasteiger partial charge in [-0.05, 0) is 28.7 Å². The molecule has 1 aliphatic carbocycles. The second kappa shape index (κ2) is 10.3. The maximum absolute atomic E-state index is 12.8. The van der Waals surface area contributed by atoms with Gasteiger partial charge in [-0.3, -0.25) is 9.59 Å². The molecule has 2 aromatic carbocycles. The molecule has 0 spiro atoms. The fourth-order valence-corrected chi connectivity index (χ4v) is 4.78. The van der Waals surface area contributed by atoms with Crippen LogP contribution in [0.5, 0.6) is 0 Å². The fourth-order valence-electron chi connectivity index (χ4n) is 4.78. The molecule has 180 valence electrons. The van der Waals surface area contributed by atoms with Gasteiger partial charge in [0, 0.05) is 38.6 Å². The maximum Gasteiger partial charge on any atom is 0.407 e. The van der Waals surface area contributed by atoms with Crippen molar-refractivity contribution in [2.24, 2.45) is 11.8 Å². The molecule has 2 aliphatic rings. The standard InChI is InChI=1S/C26H30N2O6/c1-16(25(30)31)14-28(2)24(29)23-17(11-12-33-23)13-27-26(32)34-15-22-20-9-5-3-7-18(20)19-8-4-6-10-21(19)22/h3-10,16-17,22-23H,11-15H2,1-2H3,(H,27,32)(H,30,31). The number of carbonyl (C=O) groups excluding carboxylic acids is 2. The molecule has 2 aromatic rings. The Labute approximate surface area is 198 Å². The number of fused-ring (bicyclic) bond motifs is 3. The summed E-state index contributed by atoms with van der Waals surface area (Å²) < 4.78 is 11.2. The van der Waals surface area contributed by atoms with Crippen LogP contribution in [0.4, 0.5) is 4.79 Å². The Hall–Kier alpha value is -3.39. The number of carboxylic acids is 1. The summed E-state index contributed by atoms with van der Waals surface area (Å²) in [5.41, 5.74) is 4.62. The van der Waals surface area contributed by atoms with Crippen molar-refractivity contribution in [3.63, 3.8) is 0 Å². The van der Waals surface area contributed by atoms with Gasteiger partial charge in [-0.15, -0.1) is 0 Å². The van der Waals surface area contributed by atoms with Gasteiger partial charge in [-0.2, -0.15) is 0 Å². The molecule has 3 atom stereocenters. The van der Waals surface area contributed by atoms with Crippen molar-refractivity contribution in [3.8, 4) is 11.1 Å². The van der Waals surface area contributed by atoms with E-state index in [2.05, 4.69) is 29.6 Å². The topological polar surface area (TPSA) is 105 Å². The van der Waals surface area contributed by atoms with E-state index < -0.39 is 24.1 Å². The van der Waals surface area contributed by atoms with Gasteiger partial charge >= 0.3 is 12.1 Å². The number of aliphatic carboxylic acids is 1. The van der Waals surface area contributed by atoms with Crippen LogP contribution in [-0.2, 0) is 19.1 Å². The van der Waals surface area contributed by atoms with Crippen LogP contribution in [0.25, 0.3) is 11.1 Å². The monoisotopic (exact) mass is 466 g/mol. The van der Waals surface area contributed by atoms with E-state index in [-0.39, 0.29) is 37.4 Å². The van der Waals surface area contributed by atoms with Gasteiger partial charge in [-0.1, -0.05) is 55.5 Å². The molecule has 1 saturated heterocycles. The van der Waals surface area contributed by atoms with Crippen molar-refractivity contribution in [3.05, 3.63) is 59.7 Å². The molecule has 0 aromatic heterocycles. The number of amides is 2. The molecule has 8 heteroatoms. The predicted octanol–water partition coefficient (Wildman–Crippen LogP) is 3.11. The van der Waals surface area contributed by atoms with Crippen LogP contribution in [0, 0.1) is 11.8 Å². The molecule has 8 nitrogen and oxygen atoms in total. The molecule has 0 saturated carbocycles. The van der Waals surface area contributed by atoms with Gasteiger partial charge < -0.3 is 24.8 Å². The molecule has 2 N–H and O–H groups in total. The minimum Gasteiger partial charge on any atom is -0.481 e. The molecule has 0 radical (unpaired) electrons. The van der Waals surface area contributed by atoms with Crippen LogP contribution in [-0.4, -0.2) is 67.4 Å². The zero-order valence-corrected chi connectivity index (χ0v) is 19.4. The third-order valence-electron chi connectivity index (χ3n) is 6.66. The third kappa shape index (κ3) is 4.92. The van der Waals surface area contributed by atoms with E-state index in [9.17, 15) is 14.4 Å². The van der Waals surface area contributed by atoms with Crippen LogP contribution < -0.4 is 5.32 Å². The number of alkyl carbamates (subject to hydrolysis) is 1. The van der Waals surface area contributed by atoms with Crippen molar-refractivity contribution in [1.29, 1.82) is 0 Å². The van der Waals surface area contributed by atoms with Crippen molar-refractivity contribution in [2.45, 2.75) is 25.4 Å². The molecule has 1 fully saturated rings.